The molecule has 0 fully saturated rings. The highest BCUT2D eigenvalue weighted by Crippen LogP contribution is 2.26. The van der Waals surface area contributed by atoms with E-state index >= 15 is 0 Å². The lowest BCUT2D eigenvalue weighted by Crippen LogP contribution is -2.18. The molecule has 1 aromatic rings. The van der Waals surface area contributed by atoms with Gasteiger partial charge in [0.15, 0.2) is 0 Å². The molecular weight excluding hydrogens is 224 g/mol. The largest absolute Gasteiger partial charge is 0.397 e. The highest BCUT2D eigenvalue weighted by Gasteiger charge is 2.14. The van der Waals surface area contributed by atoms with Crippen molar-refractivity contribution < 1.29 is 8.42 Å². The normalized spacial score (nSPS) is 11.6. The molecule has 6 heteroatoms. The van der Waals surface area contributed by atoms with Gasteiger partial charge >= 0.3 is 0 Å². The summed E-state index contributed by atoms with van der Waals surface area (Å²) in [5.74, 6) is 0. The third-order valence-corrected chi connectivity index (χ3v) is 3.60. The van der Waals surface area contributed by atoms with Crippen LogP contribution < -0.4 is 10.5 Å². The molecule has 0 heterocycles. The Kier molecular flexibility index (Phi) is 3.04. The Hall–Kier alpha value is -0.780. The van der Waals surface area contributed by atoms with Gasteiger partial charge in [0.25, 0.3) is 0 Å². The number of rotatable bonds is 2. The molecular formula is C8H11ClN2O2S. The first-order chi connectivity index (χ1) is 6.38. The average molecular weight is 235 g/mol. The summed E-state index contributed by atoms with van der Waals surface area (Å²) in [6, 6.07) is 2.81. The molecule has 78 valence electrons. The summed E-state index contributed by atoms with van der Waals surface area (Å²) in [7, 11) is -2.11. The summed E-state index contributed by atoms with van der Waals surface area (Å²) in [6.07, 6.45) is 0. The third kappa shape index (κ3) is 2.00. The van der Waals surface area contributed by atoms with E-state index in [1.807, 2.05) is 0 Å². The van der Waals surface area contributed by atoms with Gasteiger partial charge in [-0.15, -0.1) is 0 Å². The number of benzene rings is 1. The van der Waals surface area contributed by atoms with Gasteiger partial charge in [0.1, 0.15) is 0 Å². The number of nitrogens with one attached hydrogen (secondary N) is 1. The van der Waals surface area contributed by atoms with Gasteiger partial charge < -0.3 is 5.73 Å². The van der Waals surface area contributed by atoms with Crippen molar-refractivity contribution in [2.45, 2.75) is 11.8 Å². The van der Waals surface area contributed by atoms with E-state index < -0.39 is 10.0 Å². The van der Waals surface area contributed by atoms with Gasteiger partial charge in [0.2, 0.25) is 10.0 Å². The van der Waals surface area contributed by atoms with Crippen molar-refractivity contribution in [2.24, 2.45) is 0 Å². The Morgan fingerprint density at radius 3 is 2.43 bits per heavy atom. The molecule has 0 unspecified atom stereocenters. The molecule has 3 N–H and O–H groups in total. The molecule has 0 aromatic heterocycles. The van der Waals surface area contributed by atoms with E-state index in [1.165, 1.54) is 19.2 Å². The summed E-state index contributed by atoms with van der Waals surface area (Å²) in [6.45, 7) is 1.70. The number of aryl methyl sites for hydroxylation is 1. The second-order valence-electron chi connectivity index (χ2n) is 2.84. The van der Waals surface area contributed by atoms with E-state index in [1.54, 1.807) is 6.92 Å². The Morgan fingerprint density at radius 2 is 2.00 bits per heavy atom. The maximum absolute atomic E-state index is 11.4. The first-order valence-electron chi connectivity index (χ1n) is 3.87. The van der Waals surface area contributed by atoms with Crippen molar-refractivity contribution in [3.05, 3.63) is 22.7 Å². The Labute approximate surface area is 88.1 Å². The first-order valence-corrected chi connectivity index (χ1v) is 5.74. The quantitative estimate of drug-likeness (QED) is 0.754. The fraction of sp³-hybridized carbons (Fsp3) is 0.250. The predicted octanol–water partition coefficient (Wildman–Crippen LogP) is 1.14. The van der Waals surface area contributed by atoms with Crippen LogP contribution in [0.3, 0.4) is 0 Å². The van der Waals surface area contributed by atoms with Gasteiger partial charge in [0.05, 0.1) is 15.6 Å². The smallest absolute Gasteiger partial charge is 0.240 e. The van der Waals surface area contributed by atoms with Gasteiger partial charge in [-0.1, -0.05) is 11.6 Å². The van der Waals surface area contributed by atoms with Gasteiger partial charge in [-0.2, -0.15) is 0 Å². The van der Waals surface area contributed by atoms with E-state index in [0.717, 1.165) is 0 Å². The summed E-state index contributed by atoms with van der Waals surface area (Å²) < 4.78 is 25.0. The highest BCUT2D eigenvalue weighted by molar-refractivity contribution is 7.89. The Bertz CT molecular complexity index is 433. The van der Waals surface area contributed by atoms with Crippen LogP contribution in [-0.2, 0) is 10.0 Å². The fourth-order valence-corrected chi connectivity index (χ4v) is 2.17. The van der Waals surface area contributed by atoms with E-state index in [2.05, 4.69) is 4.72 Å². The molecule has 0 bridgehead atoms. The van der Waals surface area contributed by atoms with Crippen LogP contribution in [0.1, 0.15) is 5.56 Å². The maximum Gasteiger partial charge on any atom is 0.240 e. The zero-order valence-electron chi connectivity index (χ0n) is 7.83. The second-order valence-corrected chi connectivity index (χ2v) is 5.14. The summed E-state index contributed by atoms with van der Waals surface area (Å²) >= 11 is 5.76. The number of nitrogen functional groups attached to an aromatic ring is 1. The predicted molar refractivity (Wildman–Crippen MR) is 56.8 cm³/mol. The van der Waals surface area contributed by atoms with Crippen molar-refractivity contribution >= 4 is 27.3 Å². The van der Waals surface area contributed by atoms with Crippen LogP contribution in [-0.4, -0.2) is 15.5 Å². The molecule has 0 aliphatic carbocycles. The van der Waals surface area contributed by atoms with E-state index in [-0.39, 0.29) is 9.92 Å². The molecule has 0 radical (unpaired) electrons. The lowest BCUT2D eigenvalue weighted by atomic mass is 10.2. The van der Waals surface area contributed by atoms with E-state index in [4.69, 9.17) is 17.3 Å². The van der Waals surface area contributed by atoms with Crippen LogP contribution in [0.2, 0.25) is 5.02 Å². The summed E-state index contributed by atoms with van der Waals surface area (Å²) in [4.78, 5) is 0.122. The Morgan fingerprint density at radius 1 is 1.43 bits per heavy atom. The number of hydrogen-bond donors (Lipinski definition) is 2. The molecule has 0 aliphatic heterocycles. The SMILES string of the molecule is CNS(=O)(=O)c1cc(C)c(N)c(Cl)c1. The number of hydrogen-bond acceptors (Lipinski definition) is 3. The monoisotopic (exact) mass is 234 g/mol. The standard InChI is InChI=1S/C8H11ClN2O2S/c1-5-3-6(14(12,13)11-2)4-7(9)8(5)10/h3-4,11H,10H2,1-2H3. The zero-order chi connectivity index (χ0) is 10.9. The number of nitrogens with two attached hydrogens (primary N) is 1. The molecule has 4 nitrogen and oxygen atoms in total. The molecule has 0 saturated carbocycles. The Balaban J connectivity index is 3.41. The van der Waals surface area contributed by atoms with Crippen molar-refractivity contribution in [1.82, 2.24) is 4.72 Å². The molecule has 14 heavy (non-hydrogen) atoms. The molecule has 1 rings (SSSR count). The summed E-state index contributed by atoms with van der Waals surface area (Å²) in [5.41, 5.74) is 6.64. The van der Waals surface area contributed by atoms with E-state index in [9.17, 15) is 8.42 Å². The zero-order valence-corrected chi connectivity index (χ0v) is 9.41. The average Bonchev–Trinajstić information content (AvgIpc) is 2.13. The minimum atomic E-state index is -3.45. The molecule has 1 aromatic carbocycles. The first kappa shape index (κ1) is 11.3. The molecule has 0 amide bonds. The van der Waals surface area contributed by atoms with Crippen molar-refractivity contribution in [1.29, 1.82) is 0 Å². The van der Waals surface area contributed by atoms with Crippen LogP contribution in [0.5, 0.6) is 0 Å². The van der Waals surface area contributed by atoms with Gasteiger partial charge in [-0.05, 0) is 31.7 Å². The fourth-order valence-electron chi connectivity index (χ4n) is 0.997. The van der Waals surface area contributed by atoms with Crippen LogP contribution in [0, 0.1) is 6.92 Å². The number of halogens is 1. The minimum Gasteiger partial charge on any atom is -0.397 e. The van der Waals surface area contributed by atoms with Crippen LogP contribution in [0.25, 0.3) is 0 Å². The van der Waals surface area contributed by atoms with Crippen LogP contribution >= 0.6 is 11.6 Å². The molecule has 0 spiro atoms. The second kappa shape index (κ2) is 3.76. The van der Waals surface area contributed by atoms with Crippen LogP contribution in [0.4, 0.5) is 5.69 Å². The van der Waals surface area contributed by atoms with Gasteiger partial charge in [0, 0.05) is 0 Å². The number of anilines is 1. The molecule has 0 atom stereocenters. The van der Waals surface area contributed by atoms with Crippen molar-refractivity contribution in [3.8, 4) is 0 Å². The topological polar surface area (TPSA) is 72.2 Å². The van der Waals surface area contributed by atoms with Crippen LogP contribution in [0.15, 0.2) is 17.0 Å². The van der Waals surface area contributed by atoms with Crippen molar-refractivity contribution in [3.63, 3.8) is 0 Å². The lowest BCUT2D eigenvalue weighted by Gasteiger charge is -2.07. The minimum absolute atomic E-state index is 0.122. The van der Waals surface area contributed by atoms with E-state index in [0.29, 0.717) is 11.3 Å². The third-order valence-electron chi connectivity index (χ3n) is 1.89. The van der Waals surface area contributed by atoms with Gasteiger partial charge in [-0.3, -0.25) is 0 Å². The number of sulfonamides is 1. The van der Waals surface area contributed by atoms with Crippen molar-refractivity contribution in [2.75, 3.05) is 12.8 Å². The lowest BCUT2D eigenvalue weighted by molar-refractivity contribution is 0.588. The molecule has 0 saturated heterocycles. The van der Waals surface area contributed by atoms with Gasteiger partial charge in [-0.25, -0.2) is 13.1 Å². The highest BCUT2D eigenvalue weighted by atomic mass is 35.5. The molecule has 0 aliphatic rings. The maximum atomic E-state index is 11.4. The summed E-state index contributed by atoms with van der Waals surface area (Å²) in [5, 5.41) is 0.249.